The van der Waals surface area contributed by atoms with E-state index in [4.69, 9.17) is 4.74 Å². The highest BCUT2D eigenvalue weighted by Gasteiger charge is 2.16. The number of anilines is 1. The summed E-state index contributed by atoms with van der Waals surface area (Å²) in [6.45, 7) is 10.3. The Labute approximate surface area is 181 Å². The molecule has 2 N–H and O–H groups in total. The number of rotatable bonds is 9. The molecule has 0 aliphatic carbocycles. The van der Waals surface area contributed by atoms with Crippen LogP contribution in [-0.4, -0.2) is 77.4 Å². The molecule has 1 aromatic rings. The molecular weight excluding hydrogens is 453 g/mol. The fraction of sp³-hybridized carbons (Fsp3) is 0.650. The zero-order valence-corrected chi connectivity index (χ0v) is 19.4. The maximum atomic E-state index is 5.03. The first-order valence-corrected chi connectivity index (χ1v) is 9.70. The lowest BCUT2D eigenvalue weighted by Crippen LogP contribution is -2.46. The Morgan fingerprint density at radius 2 is 1.85 bits per heavy atom. The third-order valence-electron chi connectivity index (χ3n) is 4.75. The number of guanidine groups is 1. The van der Waals surface area contributed by atoms with Crippen LogP contribution in [0.25, 0.3) is 0 Å². The highest BCUT2D eigenvalue weighted by atomic mass is 127. The van der Waals surface area contributed by atoms with E-state index in [0.717, 1.165) is 51.6 Å². The van der Waals surface area contributed by atoms with Gasteiger partial charge in [0.1, 0.15) is 0 Å². The lowest BCUT2D eigenvalue weighted by Gasteiger charge is -2.36. The highest BCUT2D eigenvalue weighted by Crippen LogP contribution is 2.17. The second kappa shape index (κ2) is 14.0. The van der Waals surface area contributed by atoms with Crippen LogP contribution >= 0.6 is 24.0 Å². The minimum atomic E-state index is 0. The molecule has 0 atom stereocenters. The predicted molar refractivity (Wildman–Crippen MR) is 126 cm³/mol. The Bertz CT molecular complexity index is 547. The van der Waals surface area contributed by atoms with Crippen LogP contribution in [0.3, 0.4) is 0 Å². The number of aliphatic imine (C=N–C) groups is 1. The number of ether oxygens (including phenoxy) is 1. The molecule has 1 heterocycles. The second-order valence-corrected chi connectivity index (χ2v) is 6.79. The van der Waals surface area contributed by atoms with Gasteiger partial charge in [0.05, 0.1) is 6.61 Å². The number of aryl methyl sites for hydroxylation is 1. The minimum absolute atomic E-state index is 0. The van der Waals surface area contributed by atoms with Crippen molar-refractivity contribution in [1.29, 1.82) is 0 Å². The molecule has 0 aromatic heterocycles. The molecule has 0 bridgehead atoms. The largest absolute Gasteiger partial charge is 0.383 e. The summed E-state index contributed by atoms with van der Waals surface area (Å²) in [7, 11) is 3.51. The number of nitrogens with one attached hydrogen (secondary N) is 2. The summed E-state index contributed by atoms with van der Waals surface area (Å²) < 4.78 is 5.03. The zero-order valence-electron chi connectivity index (χ0n) is 17.0. The van der Waals surface area contributed by atoms with Crippen molar-refractivity contribution in [2.45, 2.75) is 19.8 Å². The summed E-state index contributed by atoms with van der Waals surface area (Å²) in [5.74, 6) is 0.855. The van der Waals surface area contributed by atoms with Gasteiger partial charge in [-0.3, -0.25) is 9.89 Å². The van der Waals surface area contributed by atoms with E-state index in [1.54, 1.807) is 14.2 Å². The van der Waals surface area contributed by atoms with Gasteiger partial charge in [-0.15, -0.1) is 24.0 Å². The van der Waals surface area contributed by atoms with E-state index in [-0.39, 0.29) is 24.0 Å². The maximum Gasteiger partial charge on any atom is 0.191 e. The Morgan fingerprint density at radius 1 is 1.11 bits per heavy atom. The van der Waals surface area contributed by atoms with Gasteiger partial charge in [-0.05, 0) is 44.0 Å². The summed E-state index contributed by atoms with van der Waals surface area (Å²) in [6, 6.07) is 8.83. The minimum Gasteiger partial charge on any atom is -0.383 e. The molecule has 27 heavy (non-hydrogen) atoms. The number of benzene rings is 1. The van der Waals surface area contributed by atoms with Crippen LogP contribution < -0.4 is 15.5 Å². The van der Waals surface area contributed by atoms with Gasteiger partial charge < -0.3 is 20.3 Å². The van der Waals surface area contributed by atoms with Gasteiger partial charge in [-0.2, -0.15) is 0 Å². The fourth-order valence-electron chi connectivity index (χ4n) is 3.21. The number of nitrogens with zero attached hydrogens (tertiary/aromatic N) is 3. The van der Waals surface area contributed by atoms with Gasteiger partial charge in [0.2, 0.25) is 0 Å². The number of piperazine rings is 1. The molecule has 0 saturated carbocycles. The molecule has 0 unspecified atom stereocenters. The molecule has 7 heteroatoms. The van der Waals surface area contributed by atoms with Crippen molar-refractivity contribution in [3.8, 4) is 0 Å². The number of unbranched alkanes of at least 4 members (excludes halogenated alkanes) is 1. The van der Waals surface area contributed by atoms with Gasteiger partial charge in [-0.25, -0.2) is 0 Å². The lowest BCUT2D eigenvalue weighted by molar-refractivity contribution is 0.203. The summed E-state index contributed by atoms with van der Waals surface area (Å²) >= 11 is 0. The monoisotopic (exact) mass is 489 g/mol. The predicted octanol–water partition coefficient (Wildman–Crippen LogP) is 2.33. The topological polar surface area (TPSA) is 52.1 Å². The normalized spacial score (nSPS) is 15.4. The lowest BCUT2D eigenvalue weighted by atomic mass is 10.2. The Hall–Kier alpha value is -1.06. The summed E-state index contributed by atoms with van der Waals surface area (Å²) in [6.07, 6.45) is 2.37. The van der Waals surface area contributed by atoms with Crippen molar-refractivity contribution in [2.75, 3.05) is 71.5 Å². The van der Waals surface area contributed by atoms with Crippen molar-refractivity contribution in [3.05, 3.63) is 29.8 Å². The Kier molecular flexibility index (Phi) is 12.4. The molecule has 6 nitrogen and oxygen atoms in total. The number of halogens is 1. The average molecular weight is 489 g/mol. The quantitative estimate of drug-likeness (QED) is 0.242. The third-order valence-corrected chi connectivity index (χ3v) is 4.75. The number of hydrogen-bond donors (Lipinski definition) is 2. The maximum absolute atomic E-state index is 5.03. The smallest absolute Gasteiger partial charge is 0.191 e. The first kappa shape index (κ1) is 24.0. The molecule has 1 aliphatic heterocycles. The first-order chi connectivity index (χ1) is 12.7. The van der Waals surface area contributed by atoms with E-state index < -0.39 is 0 Å². The van der Waals surface area contributed by atoms with Crippen LogP contribution in [0, 0.1) is 6.92 Å². The van der Waals surface area contributed by atoms with E-state index in [0.29, 0.717) is 6.61 Å². The second-order valence-electron chi connectivity index (χ2n) is 6.79. The third kappa shape index (κ3) is 9.12. The molecule has 0 radical (unpaired) electrons. The summed E-state index contributed by atoms with van der Waals surface area (Å²) in [5, 5.41) is 6.59. The molecule has 0 amide bonds. The Balaban J connectivity index is 0.00000364. The number of methoxy groups -OCH3 is 1. The summed E-state index contributed by atoms with van der Waals surface area (Å²) in [4.78, 5) is 9.30. The van der Waals surface area contributed by atoms with Crippen LogP contribution in [-0.2, 0) is 4.74 Å². The molecule has 1 saturated heterocycles. The number of hydrogen-bond acceptors (Lipinski definition) is 4. The fourth-order valence-corrected chi connectivity index (χ4v) is 3.21. The van der Waals surface area contributed by atoms with Gasteiger partial charge in [0.25, 0.3) is 0 Å². The van der Waals surface area contributed by atoms with Crippen LogP contribution in [0.2, 0.25) is 0 Å². The molecule has 1 fully saturated rings. The van der Waals surface area contributed by atoms with Crippen LogP contribution in [0.1, 0.15) is 18.4 Å². The van der Waals surface area contributed by atoms with Gasteiger partial charge >= 0.3 is 0 Å². The Morgan fingerprint density at radius 3 is 2.52 bits per heavy atom. The van der Waals surface area contributed by atoms with E-state index in [2.05, 4.69) is 56.6 Å². The van der Waals surface area contributed by atoms with Gasteiger partial charge in [0, 0.05) is 59.1 Å². The van der Waals surface area contributed by atoms with Crippen LogP contribution in [0.15, 0.2) is 29.3 Å². The van der Waals surface area contributed by atoms with Crippen LogP contribution in [0.5, 0.6) is 0 Å². The van der Waals surface area contributed by atoms with Crippen molar-refractivity contribution in [2.24, 2.45) is 4.99 Å². The molecular formula is C20H36IN5O. The van der Waals surface area contributed by atoms with Crippen molar-refractivity contribution < 1.29 is 4.74 Å². The van der Waals surface area contributed by atoms with E-state index in [1.165, 1.54) is 24.2 Å². The standard InChI is InChI=1S/C20H35N5O.HI/c1-18-7-6-8-19(17-18)25-14-12-24(13-15-25)11-5-4-9-22-20(21-2)23-10-16-26-3;/h6-8,17H,4-5,9-16H2,1-3H3,(H2,21,22,23);1H. The van der Waals surface area contributed by atoms with Crippen molar-refractivity contribution >= 4 is 35.6 Å². The van der Waals surface area contributed by atoms with Crippen LogP contribution in [0.4, 0.5) is 5.69 Å². The SMILES string of the molecule is CN=C(NCCCCN1CCN(c2cccc(C)c2)CC1)NCCOC.I. The molecule has 1 aliphatic rings. The molecule has 2 rings (SSSR count). The molecule has 1 aromatic carbocycles. The molecule has 154 valence electrons. The van der Waals surface area contributed by atoms with E-state index >= 15 is 0 Å². The van der Waals surface area contributed by atoms with E-state index in [1.807, 2.05) is 0 Å². The first-order valence-electron chi connectivity index (χ1n) is 9.70. The zero-order chi connectivity index (χ0) is 18.6. The van der Waals surface area contributed by atoms with Crippen molar-refractivity contribution in [1.82, 2.24) is 15.5 Å². The van der Waals surface area contributed by atoms with Gasteiger partial charge in [-0.1, -0.05) is 12.1 Å². The average Bonchev–Trinajstić information content (AvgIpc) is 2.67. The summed E-state index contributed by atoms with van der Waals surface area (Å²) in [5.41, 5.74) is 2.70. The molecule has 0 spiro atoms. The van der Waals surface area contributed by atoms with Crippen molar-refractivity contribution in [3.63, 3.8) is 0 Å². The van der Waals surface area contributed by atoms with Gasteiger partial charge in [0.15, 0.2) is 5.96 Å². The van der Waals surface area contributed by atoms with E-state index in [9.17, 15) is 0 Å². The highest BCUT2D eigenvalue weighted by molar-refractivity contribution is 14.0.